The molecule has 0 heterocycles. The van der Waals surface area contributed by atoms with Crippen LogP contribution in [0.3, 0.4) is 0 Å². The number of ether oxygens (including phenoxy) is 1. The summed E-state index contributed by atoms with van der Waals surface area (Å²) >= 11 is 0. The second kappa shape index (κ2) is 10.4. The average Bonchev–Trinajstić information content (AvgIpc) is 2.73. The highest BCUT2D eigenvalue weighted by Crippen LogP contribution is 2.43. The van der Waals surface area contributed by atoms with E-state index in [0.717, 1.165) is 31.6 Å². The van der Waals surface area contributed by atoms with Crippen LogP contribution in [0, 0.1) is 29.4 Å². The monoisotopic (exact) mass is 390 g/mol. The Balaban J connectivity index is 1.53. The zero-order valence-electron chi connectivity index (χ0n) is 17.6. The van der Waals surface area contributed by atoms with Crippen LogP contribution in [0.2, 0.25) is 0 Å². The van der Waals surface area contributed by atoms with Crippen LogP contribution in [0.5, 0.6) is 5.75 Å². The lowest BCUT2D eigenvalue weighted by Gasteiger charge is -2.35. The van der Waals surface area contributed by atoms with Crippen LogP contribution in [-0.2, 0) is 0 Å². The summed E-state index contributed by atoms with van der Waals surface area (Å²) in [6, 6.07) is 3.32. The highest BCUT2D eigenvalue weighted by Gasteiger charge is 2.30. The van der Waals surface area contributed by atoms with E-state index in [1.54, 1.807) is 19.1 Å². The molecule has 0 spiro atoms. The normalized spacial score (nSPS) is 27.7. The molecule has 0 aromatic heterocycles. The first-order valence-corrected chi connectivity index (χ1v) is 11.4. The molecular formula is C25H36F2O. The maximum absolute atomic E-state index is 14.5. The van der Waals surface area contributed by atoms with Crippen molar-refractivity contribution in [1.82, 2.24) is 0 Å². The summed E-state index contributed by atoms with van der Waals surface area (Å²) in [5.41, 5.74) is 0.537. The SMILES string of the molecule is CCCCCC1C=CC(C2CCC(c3ccc(OCC)c(F)c3F)CC2)CC1. The predicted molar refractivity (Wildman–Crippen MR) is 112 cm³/mol. The van der Waals surface area contributed by atoms with Crippen molar-refractivity contribution in [3.8, 4) is 5.75 Å². The quantitative estimate of drug-likeness (QED) is 0.325. The fraction of sp³-hybridized carbons (Fsp3) is 0.680. The Morgan fingerprint density at radius 2 is 1.68 bits per heavy atom. The van der Waals surface area contributed by atoms with Gasteiger partial charge in [-0.2, -0.15) is 4.39 Å². The minimum atomic E-state index is -0.828. The number of unbranched alkanes of at least 4 members (excludes halogenated alkanes) is 2. The Hall–Kier alpha value is -1.38. The number of halogens is 2. The number of hydrogen-bond acceptors (Lipinski definition) is 1. The minimum absolute atomic E-state index is 0.0262. The number of allylic oxidation sites excluding steroid dienone is 2. The van der Waals surface area contributed by atoms with E-state index >= 15 is 0 Å². The third-order valence-electron chi connectivity index (χ3n) is 6.87. The van der Waals surface area contributed by atoms with E-state index < -0.39 is 11.6 Å². The Morgan fingerprint density at radius 3 is 2.32 bits per heavy atom. The van der Waals surface area contributed by atoms with Crippen LogP contribution in [-0.4, -0.2) is 6.61 Å². The summed E-state index contributed by atoms with van der Waals surface area (Å²) in [4.78, 5) is 0. The van der Waals surface area contributed by atoms with E-state index in [0.29, 0.717) is 24.0 Å². The lowest BCUT2D eigenvalue weighted by atomic mass is 9.70. The van der Waals surface area contributed by atoms with Gasteiger partial charge in [0.2, 0.25) is 5.82 Å². The molecule has 28 heavy (non-hydrogen) atoms. The van der Waals surface area contributed by atoms with Crippen molar-refractivity contribution in [2.45, 2.75) is 84.0 Å². The van der Waals surface area contributed by atoms with Gasteiger partial charge in [0.25, 0.3) is 0 Å². The molecule has 0 radical (unpaired) electrons. The first kappa shape index (κ1) is 21.3. The van der Waals surface area contributed by atoms with Gasteiger partial charge >= 0.3 is 0 Å². The zero-order valence-corrected chi connectivity index (χ0v) is 17.6. The van der Waals surface area contributed by atoms with Gasteiger partial charge in [-0.25, -0.2) is 4.39 Å². The average molecular weight is 391 g/mol. The Labute approximate surface area is 169 Å². The van der Waals surface area contributed by atoms with Crippen molar-refractivity contribution >= 4 is 0 Å². The lowest BCUT2D eigenvalue weighted by Crippen LogP contribution is -2.23. The van der Waals surface area contributed by atoms with Crippen molar-refractivity contribution in [3.63, 3.8) is 0 Å². The van der Waals surface area contributed by atoms with Crippen molar-refractivity contribution in [3.05, 3.63) is 41.5 Å². The predicted octanol–water partition coefficient (Wildman–Crippen LogP) is 7.80. The Bertz CT molecular complexity index is 646. The van der Waals surface area contributed by atoms with Gasteiger partial charge in [-0.05, 0) is 87.2 Å². The van der Waals surface area contributed by atoms with E-state index in [-0.39, 0.29) is 11.7 Å². The van der Waals surface area contributed by atoms with Gasteiger partial charge in [-0.15, -0.1) is 0 Å². The molecular weight excluding hydrogens is 354 g/mol. The molecule has 3 heteroatoms. The first-order chi connectivity index (χ1) is 13.6. The highest BCUT2D eigenvalue weighted by molar-refractivity contribution is 5.33. The molecule has 3 rings (SSSR count). The standard InChI is InChI=1S/C25H36F2O/c1-3-5-6-7-18-8-10-19(11-9-18)20-12-14-21(15-13-20)22-16-17-23(28-4-2)25(27)24(22)26/h8,10,16-21H,3-7,9,11-15H2,1-2H3. The molecule has 0 N–H and O–H groups in total. The van der Waals surface area contributed by atoms with Crippen molar-refractivity contribution in [2.75, 3.05) is 6.61 Å². The Morgan fingerprint density at radius 1 is 0.893 bits per heavy atom. The van der Waals surface area contributed by atoms with E-state index in [4.69, 9.17) is 4.74 Å². The molecule has 1 aromatic rings. The van der Waals surface area contributed by atoms with Crippen LogP contribution in [0.25, 0.3) is 0 Å². The largest absolute Gasteiger partial charge is 0.491 e. The van der Waals surface area contributed by atoms with Crippen LogP contribution in [0.1, 0.15) is 89.5 Å². The molecule has 0 saturated heterocycles. The lowest BCUT2D eigenvalue weighted by molar-refractivity contribution is 0.236. The van der Waals surface area contributed by atoms with E-state index in [9.17, 15) is 8.78 Å². The molecule has 1 nitrogen and oxygen atoms in total. The third-order valence-corrected chi connectivity index (χ3v) is 6.87. The summed E-state index contributed by atoms with van der Waals surface area (Å²) in [6.07, 6.45) is 17.1. The second-order valence-electron chi connectivity index (χ2n) is 8.71. The molecule has 2 atom stereocenters. The summed E-state index contributed by atoms with van der Waals surface area (Å²) in [7, 11) is 0. The third kappa shape index (κ3) is 5.15. The molecule has 0 amide bonds. The van der Waals surface area contributed by atoms with Crippen LogP contribution < -0.4 is 4.74 Å². The van der Waals surface area contributed by atoms with E-state index in [2.05, 4.69) is 19.1 Å². The summed E-state index contributed by atoms with van der Waals surface area (Å²) in [5.74, 6) is 0.798. The van der Waals surface area contributed by atoms with Gasteiger partial charge in [0, 0.05) is 0 Å². The molecule has 1 saturated carbocycles. The second-order valence-corrected chi connectivity index (χ2v) is 8.71. The first-order valence-electron chi connectivity index (χ1n) is 11.4. The molecule has 1 fully saturated rings. The highest BCUT2D eigenvalue weighted by atomic mass is 19.2. The molecule has 0 bridgehead atoms. The van der Waals surface area contributed by atoms with Gasteiger partial charge in [-0.1, -0.05) is 44.4 Å². The summed E-state index contributed by atoms with van der Waals surface area (Å²) in [6.45, 7) is 4.38. The molecule has 1 aromatic carbocycles. The molecule has 2 aliphatic rings. The zero-order chi connectivity index (χ0) is 19.9. The van der Waals surface area contributed by atoms with E-state index in [1.165, 1.54) is 38.5 Å². The molecule has 2 aliphatic carbocycles. The fourth-order valence-corrected chi connectivity index (χ4v) is 5.18. The van der Waals surface area contributed by atoms with Crippen LogP contribution in [0.15, 0.2) is 24.3 Å². The van der Waals surface area contributed by atoms with Crippen molar-refractivity contribution in [2.24, 2.45) is 17.8 Å². The molecule has 0 aliphatic heterocycles. The van der Waals surface area contributed by atoms with Gasteiger partial charge in [0.1, 0.15) is 0 Å². The van der Waals surface area contributed by atoms with Gasteiger partial charge in [0.05, 0.1) is 6.61 Å². The maximum Gasteiger partial charge on any atom is 0.200 e. The number of benzene rings is 1. The topological polar surface area (TPSA) is 9.23 Å². The van der Waals surface area contributed by atoms with Crippen LogP contribution in [0.4, 0.5) is 8.78 Å². The smallest absolute Gasteiger partial charge is 0.200 e. The minimum Gasteiger partial charge on any atom is -0.491 e. The van der Waals surface area contributed by atoms with Gasteiger partial charge < -0.3 is 4.74 Å². The summed E-state index contributed by atoms with van der Waals surface area (Å²) in [5, 5.41) is 0. The number of rotatable bonds is 8. The van der Waals surface area contributed by atoms with Crippen LogP contribution >= 0.6 is 0 Å². The van der Waals surface area contributed by atoms with E-state index in [1.807, 2.05) is 0 Å². The molecule has 2 unspecified atom stereocenters. The molecule has 156 valence electrons. The fourth-order valence-electron chi connectivity index (χ4n) is 5.18. The van der Waals surface area contributed by atoms with Gasteiger partial charge in [-0.3, -0.25) is 0 Å². The number of hydrogen-bond donors (Lipinski definition) is 0. The van der Waals surface area contributed by atoms with Crippen molar-refractivity contribution in [1.29, 1.82) is 0 Å². The summed E-state index contributed by atoms with van der Waals surface area (Å²) < 4.78 is 33.9. The Kier molecular flexibility index (Phi) is 7.93. The maximum atomic E-state index is 14.5. The van der Waals surface area contributed by atoms with Crippen molar-refractivity contribution < 1.29 is 13.5 Å². The van der Waals surface area contributed by atoms with Gasteiger partial charge in [0.15, 0.2) is 11.6 Å².